The first kappa shape index (κ1) is 15.6. The van der Waals surface area contributed by atoms with Gasteiger partial charge in [0.15, 0.2) is 0 Å². The summed E-state index contributed by atoms with van der Waals surface area (Å²) in [6.45, 7) is 2.82. The van der Waals surface area contributed by atoms with Crippen LogP contribution in [0, 0.1) is 6.92 Å². The molecule has 4 heteroatoms. The summed E-state index contributed by atoms with van der Waals surface area (Å²) in [6.07, 6.45) is 2.60. The molecule has 0 heterocycles. The lowest BCUT2D eigenvalue weighted by Crippen LogP contribution is -2.09. The Morgan fingerprint density at radius 3 is 2.45 bits per heavy atom. The van der Waals surface area contributed by atoms with E-state index in [-0.39, 0.29) is 0 Å². The third-order valence-corrected chi connectivity index (χ3v) is 2.96. The zero-order valence-electron chi connectivity index (χ0n) is 12.4. The van der Waals surface area contributed by atoms with Crippen LogP contribution >= 0.6 is 0 Å². The van der Waals surface area contributed by atoms with Gasteiger partial charge in [0.25, 0.3) is 0 Å². The second-order valence-electron chi connectivity index (χ2n) is 4.72. The fourth-order valence-corrected chi connectivity index (χ4v) is 1.86. The zero-order chi connectivity index (χ0) is 15.8. The molecule has 0 atom stereocenters. The van der Waals surface area contributed by atoms with Gasteiger partial charge in [0, 0.05) is 11.6 Å². The lowest BCUT2D eigenvalue weighted by Gasteiger charge is -2.10. The molecule has 0 saturated heterocycles. The Morgan fingerprint density at radius 1 is 1.05 bits per heavy atom. The molecule has 0 aromatic heterocycles. The van der Waals surface area contributed by atoms with Crippen molar-refractivity contribution in [1.29, 1.82) is 0 Å². The van der Waals surface area contributed by atoms with E-state index in [2.05, 4.69) is 0 Å². The van der Waals surface area contributed by atoms with E-state index in [0.717, 1.165) is 17.4 Å². The average molecular weight is 298 g/mol. The van der Waals surface area contributed by atoms with E-state index in [1.807, 2.05) is 43.3 Å². The van der Waals surface area contributed by atoms with Crippen molar-refractivity contribution < 1.29 is 19.4 Å². The normalized spacial score (nSPS) is 10.6. The Morgan fingerprint density at radius 2 is 1.73 bits per heavy atom. The molecule has 4 nitrogen and oxygen atoms in total. The van der Waals surface area contributed by atoms with Gasteiger partial charge in [0.05, 0.1) is 0 Å². The lowest BCUT2D eigenvalue weighted by atomic mass is 10.2. The summed E-state index contributed by atoms with van der Waals surface area (Å²) in [5.74, 6) is 0.443. The van der Waals surface area contributed by atoms with Gasteiger partial charge in [-0.25, -0.2) is 4.79 Å². The number of carbonyl (C=O) groups is 1. The van der Waals surface area contributed by atoms with Crippen LogP contribution in [0.15, 0.2) is 54.6 Å². The minimum absolute atomic E-state index is 0.381. The van der Waals surface area contributed by atoms with E-state index in [1.165, 1.54) is 11.6 Å². The van der Waals surface area contributed by atoms with Crippen LogP contribution in [0.1, 0.15) is 11.1 Å². The van der Waals surface area contributed by atoms with E-state index >= 15 is 0 Å². The number of hydrogen-bond donors (Lipinski definition) is 1. The molecule has 22 heavy (non-hydrogen) atoms. The molecule has 0 aliphatic rings. The summed E-state index contributed by atoms with van der Waals surface area (Å²) < 4.78 is 11.2. The maximum absolute atomic E-state index is 10.6. The van der Waals surface area contributed by atoms with E-state index in [4.69, 9.17) is 14.6 Å². The number of benzene rings is 2. The topological polar surface area (TPSA) is 55.8 Å². The number of ether oxygens (including phenoxy) is 2. The van der Waals surface area contributed by atoms with Gasteiger partial charge in [-0.05, 0) is 31.2 Å². The maximum atomic E-state index is 10.6. The Balaban J connectivity index is 1.86. The van der Waals surface area contributed by atoms with Crippen molar-refractivity contribution in [3.05, 3.63) is 65.7 Å². The highest BCUT2D eigenvalue weighted by Crippen LogP contribution is 2.19. The molecule has 0 radical (unpaired) electrons. The summed E-state index contributed by atoms with van der Waals surface area (Å²) in [5, 5.41) is 8.68. The first-order chi connectivity index (χ1) is 10.6. The van der Waals surface area contributed by atoms with Crippen LogP contribution in [0.3, 0.4) is 0 Å². The van der Waals surface area contributed by atoms with Crippen molar-refractivity contribution in [2.75, 3.05) is 13.2 Å². The number of hydrogen-bond acceptors (Lipinski definition) is 3. The summed E-state index contributed by atoms with van der Waals surface area (Å²) in [4.78, 5) is 10.6. The third-order valence-electron chi connectivity index (χ3n) is 2.96. The van der Waals surface area contributed by atoms with Gasteiger partial charge in [0.1, 0.15) is 24.7 Å². The molecular formula is C18H18O4. The van der Waals surface area contributed by atoms with Gasteiger partial charge in [-0.15, -0.1) is 0 Å². The Kier molecular flexibility index (Phi) is 5.60. The summed E-state index contributed by atoms with van der Waals surface area (Å²) in [7, 11) is 0. The second kappa shape index (κ2) is 7.88. The summed E-state index contributed by atoms with van der Waals surface area (Å²) in [5.41, 5.74) is 1.91. The molecule has 2 aromatic carbocycles. The number of carboxylic acids is 1. The Bertz CT molecular complexity index is 644. The van der Waals surface area contributed by atoms with Gasteiger partial charge in [0.2, 0.25) is 0 Å². The predicted octanol–water partition coefficient (Wildman–Crippen LogP) is 3.55. The van der Waals surface area contributed by atoms with E-state index < -0.39 is 5.97 Å². The number of carboxylic acid groups (broad SMARTS) is 1. The monoisotopic (exact) mass is 298 g/mol. The number of aryl methyl sites for hydroxylation is 1. The molecule has 114 valence electrons. The first-order valence-electron chi connectivity index (χ1n) is 6.97. The number of para-hydroxylation sites is 1. The highest BCUT2D eigenvalue weighted by Gasteiger charge is 2.01. The fraction of sp³-hybridized carbons (Fsp3) is 0.167. The van der Waals surface area contributed by atoms with Crippen molar-refractivity contribution in [3.63, 3.8) is 0 Å². The van der Waals surface area contributed by atoms with Gasteiger partial charge in [-0.1, -0.05) is 35.9 Å². The molecule has 0 amide bonds. The van der Waals surface area contributed by atoms with Crippen LogP contribution in [0.25, 0.3) is 6.08 Å². The molecular weight excluding hydrogens is 280 g/mol. The van der Waals surface area contributed by atoms with Crippen LogP contribution in [0.2, 0.25) is 0 Å². The van der Waals surface area contributed by atoms with Crippen LogP contribution < -0.4 is 9.47 Å². The maximum Gasteiger partial charge on any atom is 0.328 e. The molecule has 2 rings (SSSR count). The molecule has 0 aliphatic carbocycles. The van der Waals surface area contributed by atoms with Crippen molar-refractivity contribution in [2.24, 2.45) is 0 Å². The second-order valence-corrected chi connectivity index (χ2v) is 4.72. The van der Waals surface area contributed by atoms with Gasteiger partial charge in [-0.3, -0.25) is 0 Å². The van der Waals surface area contributed by atoms with Crippen LogP contribution in [0.5, 0.6) is 11.5 Å². The van der Waals surface area contributed by atoms with E-state index in [0.29, 0.717) is 19.0 Å². The molecule has 2 aromatic rings. The lowest BCUT2D eigenvalue weighted by molar-refractivity contribution is -0.131. The first-order valence-corrected chi connectivity index (χ1v) is 6.97. The molecule has 0 fully saturated rings. The standard InChI is InChI=1S/C18H18O4/c1-14-6-9-16(10-7-14)21-12-13-22-17-5-3-2-4-15(17)8-11-18(19)20/h2-11H,12-13H2,1H3,(H,19,20). The minimum Gasteiger partial charge on any atom is -0.490 e. The van der Waals surface area contributed by atoms with Crippen LogP contribution in [-0.4, -0.2) is 24.3 Å². The van der Waals surface area contributed by atoms with Gasteiger partial charge < -0.3 is 14.6 Å². The molecule has 0 bridgehead atoms. The molecule has 0 aliphatic heterocycles. The molecule has 0 saturated carbocycles. The highest BCUT2D eigenvalue weighted by molar-refractivity contribution is 5.85. The smallest absolute Gasteiger partial charge is 0.328 e. The quantitative estimate of drug-likeness (QED) is 0.627. The third kappa shape index (κ3) is 4.98. The van der Waals surface area contributed by atoms with Crippen molar-refractivity contribution in [1.82, 2.24) is 0 Å². The van der Waals surface area contributed by atoms with E-state index in [1.54, 1.807) is 12.1 Å². The fourth-order valence-electron chi connectivity index (χ4n) is 1.86. The number of aliphatic carboxylic acids is 1. The Labute approximate surface area is 129 Å². The zero-order valence-corrected chi connectivity index (χ0v) is 12.4. The predicted molar refractivity (Wildman–Crippen MR) is 85.3 cm³/mol. The molecule has 1 N–H and O–H groups in total. The van der Waals surface area contributed by atoms with Crippen LogP contribution in [-0.2, 0) is 4.79 Å². The van der Waals surface area contributed by atoms with Crippen molar-refractivity contribution >= 4 is 12.0 Å². The Hall–Kier alpha value is -2.75. The van der Waals surface area contributed by atoms with Crippen molar-refractivity contribution in [2.45, 2.75) is 6.92 Å². The van der Waals surface area contributed by atoms with Gasteiger partial charge in [-0.2, -0.15) is 0 Å². The highest BCUT2D eigenvalue weighted by atomic mass is 16.5. The van der Waals surface area contributed by atoms with Crippen LogP contribution in [0.4, 0.5) is 0 Å². The summed E-state index contributed by atoms with van der Waals surface area (Å²) >= 11 is 0. The molecule has 0 spiro atoms. The van der Waals surface area contributed by atoms with E-state index in [9.17, 15) is 4.79 Å². The number of rotatable bonds is 7. The SMILES string of the molecule is Cc1ccc(OCCOc2ccccc2C=CC(=O)O)cc1. The summed E-state index contributed by atoms with van der Waals surface area (Å²) in [6, 6.07) is 15.1. The molecule has 0 unspecified atom stereocenters. The largest absolute Gasteiger partial charge is 0.490 e. The average Bonchev–Trinajstić information content (AvgIpc) is 2.52. The van der Waals surface area contributed by atoms with Gasteiger partial charge >= 0.3 is 5.97 Å². The minimum atomic E-state index is -0.988. The van der Waals surface area contributed by atoms with Crippen molar-refractivity contribution in [3.8, 4) is 11.5 Å².